The smallest absolute Gasteiger partial charge is 0.417 e. The van der Waals surface area contributed by atoms with Gasteiger partial charge in [-0.1, -0.05) is 0 Å². The first kappa shape index (κ1) is 26.6. The number of Topliss-reactive ketones (excluding diaryl/α,β-unsaturated/α-hetero) is 1. The molecule has 2 rings (SSSR count). The van der Waals surface area contributed by atoms with Crippen molar-refractivity contribution in [2.75, 3.05) is 31.9 Å². The molecular formula is C21H23ClF3NO6S. The molecule has 0 heterocycles. The predicted molar refractivity (Wildman–Crippen MR) is 117 cm³/mol. The minimum atomic E-state index is -4.84. The van der Waals surface area contributed by atoms with Crippen LogP contribution in [0.4, 0.5) is 18.9 Å². The number of anilines is 1. The van der Waals surface area contributed by atoms with Gasteiger partial charge in [-0.25, -0.2) is 8.42 Å². The predicted octanol–water partition coefficient (Wildman–Crippen LogP) is 5.12. The zero-order chi connectivity index (χ0) is 24.8. The fourth-order valence-electron chi connectivity index (χ4n) is 2.98. The molecule has 0 amide bonds. The second kappa shape index (κ2) is 11.0. The lowest BCUT2D eigenvalue weighted by Gasteiger charge is -2.18. The molecule has 2 aromatic rings. The monoisotopic (exact) mass is 509 g/mol. The molecule has 0 radical (unpaired) electrons. The number of benzene rings is 2. The van der Waals surface area contributed by atoms with E-state index in [0.29, 0.717) is 18.2 Å². The van der Waals surface area contributed by atoms with Gasteiger partial charge in [0.15, 0.2) is 5.78 Å². The lowest BCUT2D eigenvalue weighted by molar-refractivity contribution is -0.138. The normalized spacial score (nSPS) is 11.7. The fourth-order valence-corrected chi connectivity index (χ4v) is 4.28. The van der Waals surface area contributed by atoms with Gasteiger partial charge in [0.25, 0.3) is 10.0 Å². The maximum Gasteiger partial charge on any atom is 0.417 e. The standard InChI is InChI=1S/C21H23ClF3NO6S/c1-30-13-10-18(31-2)20(19(11-13)32-3)26-33(28,29)14-7-8-16(21(23,24)25)15(12-14)17(27)6-4-5-9-22/h7-8,10-12,26H,4-6,9H2,1-3H3. The summed E-state index contributed by atoms with van der Waals surface area (Å²) in [5.74, 6) is -0.142. The van der Waals surface area contributed by atoms with Gasteiger partial charge in [0, 0.05) is 30.0 Å². The minimum Gasteiger partial charge on any atom is -0.496 e. The van der Waals surface area contributed by atoms with Gasteiger partial charge in [-0.3, -0.25) is 9.52 Å². The molecule has 0 unspecified atom stereocenters. The van der Waals surface area contributed by atoms with Crippen LogP contribution < -0.4 is 18.9 Å². The van der Waals surface area contributed by atoms with E-state index in [0.717, 1.165) is 12.1 Å². The molecule has 0 fully saturated rings. The zero-order valence-electron chi connectivity index (χ0n) is 18.1. The Hall–Kier alpha value is -2.66. The van der Waals surface area contributed by atoms with Crippen molar-refractivity contribution in [1.82, 2.24) is 0 Å². The number of hydrogen-bond donors (Lipinski definition) is 1. The van der Waals surface area contributed by atoms with Crippen molar-refractivity contribution in [2.45, 2.75) is 30.3 Å². The number of nitrogens with one attached hydrogen (secondary N) is 1. The summed E-state index contributed by atoms with van der Waals surface area (Å²) >= 11 is 5.56. The van der Waals surface area contributed by atoms with Crippen molar-refractivity contribution in [2.24, 2.45) is 0 Å². The number of rotatable bonds is 11. The highest BCUT2D eigenvalue weighted by atomic mass is 35.5. The summed E-state index contributed by atoms with van der Waals surface area (Å²) in [6, 6.07) is 4.88. The average molecular weight is 510 g/mol. The third-order valence-corrected chi connectivity index (χ3v) is 6.26. The topological polar surface area (TPSA) is 90.9 Å². The Morgan fingerprint density at radius 1 is 1.00 bits per heavy atom. The number of methoxy groups -OCH3 is 3. The van der Waals surface area contributed by atoms with Gasteiger partial charge in [-0.05, 0) is 31.0 Å². The van der Waals surface area contributed by atoms with E-state index in [1.807, 2.05) is 0 Å². The molecular weight excluding hydrogens is 487 g/mol. The first-order valence-electron chi connectivity index (χ1n) is 9.61. The number of ketones is 1. The molecule has 0 aliphatic carbocycles. The maximum absolute atomic E-state index is 13.5. The van der Waals surface area contributed by atoms with Gasteiger partial charge in [0.1, 0.15) is 22.9 Å². The number of ether oxygens (including phenoxy) is 3. The summed E-state index contributed by atoms with van der Waals surface area (Å²) in [5.41, 5.74) is -2.03. The number of alkyl halides is 4. The van der Waals surface area contributed by atoms with Crippen molar-refractivity contribution in [3.05, 3.63) is 41.5 Å². The number of halogens is 4. The third kappa shape index (κ3) is 6.44. The summed E-state index contributed by atoms with van der Waals surface area (Å²) in [7, 11) is -0.451. The molecule has 0 atom stereocenters. The minimum absolute atomic E-state index is 0.0547. The van der Waals surface area contributed by atoms with E-state index in [2.05, 4.69) is 4.72 Å². The van der Waals surface area contributed by atoms with E-state index in [4.69, 9.17) is 25.8 Å². The number of carbonyl (C=O) groups excluding carboxylic acids is 1. The van der Waals surface area contributed by atoms with Gasteiger partial charge in [-0.15, -0.1) is 11.6 Å². The van der Waals surface area contributed by atoms with E-state index in [9.17, 15) is 26.4 Å². The summed E-state index contributed by atoms with van der Waals surface area (Å²) in [6.07, 6.45) is -4.33. The molecule has 0 aliphatic heterocycles. The van der Waals surface area contributed by atoms with Crippen LogP contribution in [0, 0.1) is 0 Å². The van der Waals surface area contributed by atoms with Crippen LogP contribution in [-0.2, 0) is 16.2 Å². The highest BCUT2D eigenvalue weighted by Gasteiger charge is 2.36. The molecule has 33 heavy (non-hydrogen) atoms. The second-order valence-corrected chi connectivity index (χ2v) is 8.85. The third-order valence-electron chi connectivity index (χ3n) is 4.65. The Morgan fingerprint density at radius 2 is 1.61 bits per heavy atom. The molecule has 2 aromatic carbocycles. The van der Waals surface area contributed by atoms with Gasteiger partial charge in [-0.2, -0.15) is 13.2 Å². The lowest BCUT2D eigenvalue weighted by atomic mass is 9.99. The highest BCUT2D eigenvalue weighted by molar-refractivity contribution is 7.92. The highest BCUT2D eigenvalue weighted by Crippen LogP contribution is 2.40. The maximum atomic E-state index is 13.5. The number of hydrogen-bond acceptors (Lipinski definition) is 6. The zero-order valence-corrected chi connectivity index (χ0v) is 19.7. The molecule has 12 heteroatoms. The van der Waals surface area contributed by atoms with Crippen LogP contribution in [0.1, 0.15) is 35.2 Å². The summed E-state index contributed by atoms with van der Waals surface area (Å²) in [6.45, 7) is 0. The van der Waals surface area contributed by atoms with Crippen molar-refractivity contribution < 1.29 is 40.6 Å². The first-order valence-corrected chi connectivity index (χ1v) is 11.6. The van der Waals surface area contributed by atoms with Crippen LogP contribution in [0.2, 0.25) is 0 Å². The molecule has 7 nitrogen and oxygen atoms in total. The van der Waals surface area contributed by atoms with E-state index in [-0.39, 0.29) is 35.9 Å². The van der Waals surface area contributed by atoms with Crippen LogP contribution >= 0.6 is 11.6 Å². The molecule has 0 aromatic heterocycles. The molecule has 182 valence electrons. The Morgan fingerprint density at radius 3 is 2.09 bits per heavy atom. The second-order valence-electron chi connectivity index (χ2n) is 6.79. The van der Waals surface area contributed by atoms with Crippen molar-refractivity contribution >= 4 is 33.1 Å². The summed E-state index contributed by atoms with van der Waals surface area (Å²) < 4.78 is 84.2. The Labute approximate surface area is 194 Å². The van der Waals surface area contributed by atoms with Crippen LogP contribution in [0.3, 0.4) is 0 Å². The summed E-state index contributed by atoms with van der Waals surface area (Å²) in [5, 5.41) is 0. The van der Waals surface area contributed by atoms with E-state index in [1.165, 1.54) is 33.5 Å². The van der Waals surface area contributed by atoms with Gasteiger partial charge in [0.05, 0.1) is 31.8 Å². The molecule has 0 spiro atoms. The first-order chi connectivity index (χ1) is 15.5. The van der Waals surface area contributed by atoms with Crippen molar-refractivity contribution in [3.63, 3.8) is 0 Å². The summed E-state index contributed by atoms with van der Waals surface area (Å²) in [4.78, 5) is 12.0. The number of unbranched alkanes of at least 4 members (excludes halogenated alkanes) is 1. The molecule has 0 saturated heterocycles. The largest absolute Gasteiger partial charge is 0.496 e. The van der Waals surface area contributed by atoms with Crippen LogP contribution in [0.25, 0.3) is 0 Å². The molecule has 0 bridgehead atoms. The van der Waals surface area contributed by atoms with Gasteiger partial charge in [0.2, 0.25) is 0 Å². The molecule has 0 aliphatic rings. The van der Waals surface area contributed by atoms with Gasteiger partial charge >= 0.3 is 6.18 Å². The van der Waals surface area contributed by atoms with E-state index in [1.54, 1.807) is 0 Å². The van der Waals surface area contributed by atoms with Crippen LogP contribution in [0.5, 0.6) is 17.2 Å². The Balaban J connectivity index is 2.54. The van der Waals surface area contributed by atoms with E-state index >= 15 is 0 Å². The quantitative estimate of drug-likeness (QED) is 0.257. The molecule has 0 saturated carbocycles. The van der Waals surface area contributed by atoms with E-state index < -0.39 is 38.0 Å². The fraction of sp³-hybridized carbons (Fsp3) is 0.381. The number of sulfonamides is 1. The SMILES string of the molecule is COc1cc(OC)c(NS(=O)(=O)c2ccc(C(F)(F)F)c(C(=O)CCCCCl)c2)c(OC)c1. The Bertz CT molecular complexity index is 1080. The van der Waals surface area contributed by atoms with Crippen molar-refractivity contribution in [1.29, 1.82) is 0 Å². The molecule has 1 N–H and O–H groups in total. The van der Waals surface area contributed by atoms with Gasteiger partial charge < -0.3 is 14.2 Å². The Kier molecular flexibility index (Phi) is 8.84. The lowest BCUT2D eigenvalue weighted by Crippen LogP contribution is -2.18. The number of carbonyl (C=O) groups is 1. The average Bonchev–Trinajstić information content (AvgIpc) is 2.77. The van der Waals surface area contributed by atoms with Crippen LogP contribution in [0.15, 0.2) is 35.2 Å². The van der Waals surface area contributed by atoms with Crippen LogP contribution in [-0.4, -0.2) is 41.4 Å². The van der Waals surface area contributed by atoms with Crippen molar-refractivity contribution in [3.8, 4) is 17.2 Å².